The van der Waals surface area contributed by atoms with Crippen LogP contribution < -0.4 is 5.32 Å². The zero-order valence-electron chi connectivity index (χ0n) is 11.4. The highest BCUT2D eigenvalue weighted by Crippen LogP contribution is 2.07. The molecule has 1 fully saturated rings. The Hall–Kier alpha value is -2.70. The molecule has 21 heavy (non-hydrogen) atoms. The number of nitrogens with one attached hydrogen (secondary N) is 1. The predicted molar refractivity (Wildman–Crippen MR) is 74.9 cm³/mol. The van der Waals surface area contributed by atoms with Crippen LogP contribution >= 0.6 is 0 Å². The minimum absolute atomic E-state index is 0.0294. The quantitative estimate of drug-likeness (QED) is 0.856. The van der Waals surface area contributed by atoms with Crippen LogP contribution in [0, 0.1) is 0 Å². The number of carbonyl (C=O) groups is 2. The molecule has 1 saturated heterocycles. The fourth-order valence-electron chi connectivity index (χ4n) is 2.18. The Bertz CT molecular complexity index is 652. The monoisotopic (exact) mass is 285 g/mol. The average Bonchev–Trinajstić information content (AvgIpc) is 2.91. The molecule has 1 aromatic carbocycles. The highest BCUT2D eigenvalue weighted by molar-refractivity contribution is 5.92. The average molecular weight is 285 g/mol. The third kappa shape index (κ3) is 2.91. The molecule has 0 spiro atoms. The molecule has 1 aliphatic heterocycles. The molecular weight excluding hydrogens is 270 g/mol. The molecule has 1 aliphatic rings. The zero-order chi connectivity index (χ0) is 14.7. The lowest BCUT2D eigenvalue weighted by atomic mass is 10.3. The van der Waals surface area contributed by atoms with E-state index < -0.39 is 0 Å². The Labute approximate surface area is 121 Å². The number of hydrogen-bond acceptors (Lipinski definition) is 4. The van der Waals surface area contributed by atoms with Crippen molar-refractivity contribution in [1.29, 1.82) is 0 Å². The number of aromatic nitrogens is 3. The fraction of sp³-hybridized carbons (Fsp3) is 0.286. The number of carbonyl (C=O) groups excluding carboxylic acids is 2. The molecule has 0 atom stereocenters. The van der Waals surface area contributed by atoms with E-state index in [0.29, 0.717) is 26.1 Å². The lowest BCUT2D eigenvalue weighted by Gasteiger charge is -2.17. The Morgan fingerprint density at radius 2 is 2.00 bits per heavy atom. The van der Waals surface area contributed by atoms with Crippen LogP contribution in [0.4, 0.5) is 0 Å². The van der Waals surface area contributed by atoms with E-state index in [1.165, 1.54) is 11.0 Å². The van der Waals surface area contributed by atoms with Crippen molar-refractivity contribution in [2.75, 3.05) is 19.6 Å². The summed E-state index contributed by atoms with van der Waals surface area (Å²) in [7, 11) is 0. The fourth-order valence-corrected chi connectivity index (χ4v) is 2.18. The van der Waals surface area contributed by atoms with Gasteiger partial charge in [0.05, 0.1) is 11.9 Å². The van der Waals surface area contributed by atoms with E-state index in [0.717, 1.165) is 5.69 Å². The molecule has 0 bridgehead atoms. The van der Waals surface area contributed by atoms with Crippen molar-refractivity contribution >= 4 is 11.8 Å². The van der Waals surface area contributed by atoms with E-state index in [1.54, 1.807) is 4.90 Å². The van der Waals surface area contributed by atoms with E-state index >= 15 is 0 Å². The summed E-state index contributed by atoms with van der Waals surface area (Å²) < 4.78 is 0. The molecule has 3 rings (SSSR count). The van der Waals surface area contributed by atoms with Gasteiger partial charge in [0, 0.05) is 26.1 Å². The standard InChI is InChI=1S/C14H15N5O2/c20-13-6-8-18(9-7-15-13)14(21)12-10-16-19(17-12)11-4-2-1-3-5-11/h1-5,10H,6-9H2,(H,15,20). The molecule has 1 aromatic heterocycles. The van der Waals surface area contributed by atoms with Gasteiger partial charge in [-0.15, -0.1) is 5.10 Å². The van der Waals surface area contributed by atoms with Crippen molar-refractivity contribution in [3.8, 4) is 5.69 Å². The maximum absolute atomic E-state index is 12.4. The summed E-state index contributed by atoms with van der Waals surface area (Å²) in [5.41, 5.74) is 1.08. The zero-order valence-corrected chi connectivity index (χ0v) is 11.4. The van der Waals surface area contributed by atoms with Crippen LogP contribution in [-0.2, 0) is 4.79 Å². The molecule has 7 heteroatoms. The molecule has 2 heterocycles. The van der Waals surface area contributed by atoms with Crippen LogP contribution in [0.25, 0.3) is 5.69 Å². The molecule has 108 valence electrons. The third-order valence-corrected chi connectivity index (χ3v) is 3.30. The number of benzene rings is 1. The first-order valence-electron chi connectivity index (χ1n) is 6.78. The van der Waals surface area contributed by atoms with Crippen molar-refractivity contribution in [3.63, 3.8) is 0 Å². The number of nitrogens with zero attached hydrogens (tertiary/aromatic N) is 4. The largest absolute Gasteiger partial charge is 0.354 e. The molecular formula is C14H15N5O2. The Morgan fingerprint density at radius 3 is 2.81 bits per heavy atom. The normalized spacial score (nSPS) is 15.4. The summed E-state index contributed by atoms with van der Waals surface area (Å²) in [6, 6.07) is 9.39. The van der Waals surface area contributed by atoms with Gasteiger partial charge in [-0.05, 0) is 12.1 Å². The van der Waals surface area contributed by atoms with E-state index in [1.807, 2.05) is 30.3 Å². The van der Waals surface area contributed by atoms with Crippen LogP contribution in [-0.4, -0.2) is 51.3 Å². The number of hydrogen-bond donors (Lipinski definition) is 1. The minimum Gasteiger partial charge on any atom is -0.354 e. The molecule has 2 amide bonds. The van der Waals surface area contributed by atoms with E-state index in [-0.39, 0.29) is 17.5 Å². The maximum Gasteiger partial charge on any atom is 0.276 e. The van der Waals surface area contributed by atoms with Crippen molar-refractivity contribution in [3.05, 3.63) is 42.2 Å². The van der Waals surface area contributed by atoms with E-state index in [9.17, 15) is 9.59 Å². The van der Waals surface area contributed by atoms with Gasteiger partial charge in [0.2, 0.25) is 5.91 Å². The van der Waals surface area contributed by atoms with Gasteiger partial charge < -0.3 is 10.2 Å². The van der Waals surface area contributed by atoms with Gasteiger partial charge in [-0.25, -0.2) is 0 Å². The van der Waals surface area contributed by atoms with Crippen LogP contribution in [0.2, 0.25) is 0 Å². The number of rotatable bonds is 2. The van der Waals surface area contributed by atoms with Gasteiger partial charge in [-0.2, -0.15) is 9.90 Å². The number of amides is 2. The Morgan fingerprint density at radius 1 is 1.19 bits per heavy atom. The molecule has 1 N–H and O–H groups in total. The van der Waals surface area contributed by atoms with E-state index in [2.05, 4.69) is 15.5 Å². The smallest absolute Gasteiger partial charge is 0.276 e. The van der Waals surface area contributed by atoms with Gasteiger partial charge in [0.1, 0.15) is 0 Å². The van der Waals surface area contributed by atoms with E-state index in [4.69, 9.17) is 0 Å². The topological polar surface area (TPSA) is 80.1 Å². The van der Waals surface area contributed by atoms with Crippen LogP contribution in [0.1, 0.15) is 16.9 Å². The summed E-state index contributed by atoms with van der Waals surface area (Å²) in [4.78, 5) is 26.7. The number of para-hydroxylation sites is 1. The predicted octanol–water partition coefficient (Wildman–Crippen LogP) is 0.229. The highest BCUT2D eigenvalue weighted by Gasteiger charge is 2.22. The second-order valence-electron chi connectivity index (χ2n) is 4.75. The molecule has 0 saturated carbocycles. The van der Waals surface area contributed by atoms with Gasteiger partial charge in [0.15, 0.2) is 5.69 Å². The van der Waals surface area contributed by atoms with Gasteiger partial charge >= 0.3 is 0 Å². The Balaban J connectivity index is 1.76. The first-order chi connectivity index (χ1) is 10.2. The Kier molecular flexibility index (Phi) is 3.63. The van der Waals surface area contributed by atoms with Gasteiger partial charge in [-0.1, -0.05) is 18.2 Å². The second kappa shape index (κ2) is 5.74. The van der Waals surface area contributed by atoms with Crippen molar-refractivity contribution in [2.45, 2.75) is 6.42 Å². The molecule has 0 unspecified atom stereocenters. The van der Waals surface area contributed by atoms with Gasteiger partial charge in [-0.3, -0.25) is 9.59 Å². The summed E-state index contributed by atoms with van der Waals surface area (Å²) in [5, 5.41) is 11.1. The first kappa shape index (κ1) is 13.3. The summed E-state index contributed by atoms with van der Waals surface area (Å²) in [5.74, 6) is -0.230. The lowest BCUT2D eigenvalue weighted by molar-refractivity contribution is -0.120. The molecule has 7 nitrogen and oxygen atoms in total. The lowest BCUT2D eigenvalue weighted by Crippen LogP contribution is -2.34. The van der Waals surface area contributed by atoms with Gasteiger partial charge in [0.25, 0.3) is 5.91 Å². The maximum atomic E-state index is 12.4. The first-order valence-corrected chi connectivity index (χ1v) is 6.78. The molecule has 0 aliphatic carbocycles. The van der Waals surface area contributed by atoms with Crippen molar-refractivity contribution in [1.82, 2.24) is 25.2 Å². The molecule has 0 radical (unpaired) electrons. The highest BCUT2D eigenvalue weighted by atomic mass is 16.2. The molecule has 2 aromatic rings. The van der Waals surface area contributed by atoms with Crippen LogP contribution in [0.5, 0.6) is 0 Å². The van der Waals surface area contributed by atoms with Crippen LogP contribution in [0.3, 0.4) is 0 Å². The second-order valence-corrected chi connectivity index (χ2v) is 4.75. The summed E-state index contributed by atoms with van der Waals surface area (Å²) in [6.07, 6.45) is 1.77. The summed E-state index contributed by atoms with van der Waals surface area (Å²) in [6.45, 7) is 1.36. The van der Waals surface area contributed by atoms with Crippen molar-refractivity contribution < 1.29 is 9.59 Å². The summed E-state index contributed by atoms with van der Waals surface area (Å²) >= 11 is 0. The van der Waals surface area contributed by atoms with Crippen LogP contribution in [0.15, 0.2) is 36.5 Å². The SMILES string of the molecule is O=C1CCN(C(=O)c2cnn(-c3ccccc3)n2)CCN1. The third-order valence-electron chi connectivity index (χ3n) is 3.30. The van der Waals surface area contributed by atoms with Crippen molar-refractivity contribution in [2.24, 2.45) is 0 Å². The minimum atomic E-state index is -0.200.